The summed E-state index contributed by atoms with van der Waals surface area (Å²) < 4.78 is 0.631. The number of halogens is 1. The number of carbonyl (C=O) groups excluding carboxylic acids is 1. The van der Waals surface area contributed by atoms with Gasteiger partial charge >= 0.3 is 5.97 Å². The van der Waals surface area contributed by atoms with Crippen LogP contribution in [0.15, 0.2) is 18.2 Å². The zero-order valence-corrected chi connectivity index (χ0v) is 12.8. The summed E-state index contributed by atoms with van der Waals surface area (Å²) in [6.07, 6.45) is 0.359. The third-order valence-corrected chi connectivity index (χ3v) is 3.43. The molecule has 0 aromatic heterocycles. The molecule has 1 atom stereocenters. The van der Waals surface area contributed by atoms with E-state index in [1.165, 1.54) is 6.07 Å². The van der Waals surface area contributed by atoms with Crippen LogP contribution in [-0.2, 0) is 4.79 Å². The first kappa shape index (κ1) is 15.7. The number of carboxylic acid groups (broad SMARTS) is 1. The van der Waals surface area contributed by atoms with E-state index >= 15 is 0 Å². The fraction of sp³-hybridized carbons (Fsp3) is 0.385. The highest BCUT2D eigenvalue weighted by atomic mass is 127. The van der Waals surface area contributed by atoms with Crippen molar-refractivity contribution in [1.29, 1.82) is 0 Å². The number of benzene rings is 1. The van der Waals surface area contributed by atoms with Crippen LogP contribution in [0.5, 0.6) is 5.75 Å². The van der Waals surface area contributed by atoms with E-state index in [1.807, 2.05) is 36.4 Å². The second-order valence-electron chi connectivity index (χ2n) is 4.66. The standard InChI is InChI=1S/C13H16INO4/c1-7(2)5-10(13(18)19)15-12(17)8-3-4-9(14)11(16)6-8/h3-4,6-7,10,16H,5H2,1-2H3,(H,15,17)(H,18,19)/t10-/m0/s1. The molecule has 0 bridgehead atoms. The van der Waals surface area contributed by atoms with Crippen molar-refractivity contribution in [2.45, 2.75) is 26.3 Å². The van der Waals surface area contributed by atoms with Gasteiger partial charge in [0.1, 0.15) is 11.8 Å². The highest BCUT2D eigenvalue weighted by Crippen LogP contribution is 2.20. The molecule has 0 heterocycles. The Bertz CT molecular complexity index is 488. The molecule has 0 spiro atoms. The average Bonchev–Trinajstić information content (AvgIpc) is 2.31. The Morgan fingerprint density at radius 2 is 2.00 bits per heavy atom. The number of carboxylic acids is 1. The molecule has 0 saturated heterocycles. The zero-order valence-electron chi connectivity index (χ0n) is 10.7. The Labute approximate surface area is 125 Å². The van der Waals surface area contributed by atoms with Crippen LogP contribution in [0.2, 0.25) is 0 Å². The third-order valence-electron chi connectivity index (χ3n) is 2.52. The fourth-order valence-electron chi connectivity index (χ4n) is 1.59. The van der Waals surface area contributed by atoms with E-state index in [0.717, 1.165) is 0 Å². The van der Waals surface area contributed by atoms with Crippen LogP contribution in [-0.4, -0.2) is 28.1 Å². The zero-order chi connectivity index (χ0) is 14.6. The molecule has 1 aromatic rings. The number of amides is 1. The molecule has 0 saturated carbocycles. The summed E-state index contributed by atoms with van der Waals surface area (Å²) in [6.45, 7) is 3.78. The molecule has 104 valence electrons. The molecule has 0 aliphatic rings. The molecule has 0 unspecified atom stereocenters. The highest BCUT2D eigenvalue weighted by Gasteiger charge is 2.21. The Hall–Kier alpha value is -1.31. The number of nitrogens with one attached hydrogen (secondary N) is 1. The van der Waals surface area contributed by atoms with Gasteiger partial charge in [0.05, 0.1) is 3.57 Å². The van der Waals surface area contributed by atoms with Crippen molar-refractivity contribution < 1.29 is 19.8 Å². The topological polar surface area (TPSA) is 86.6 Å². The van der Waals surface area contributed by atoms with E-state index in [9.17, 15) is 14.7 Å². The largest absolute Gasteiger partial charge is 0.507 e. The molecule has 1 aromatic carbocycles. The molecule has 6 heteroatoms. The van der Waals surface area contributed by atoms with Crippen molar-refractivity contribution in [2.24, 2.45) is 5.92 Å². The number of aromatic hydroxyl groups is 1. The first-order valence-corrected chi connectivity index (χ1v) is 6.91. The van der Waals surface area contributed by atoms with Crippen molar-refractivity contribution in [3.05, 3.63) is 27.3 Å². The van der Waals surface area contributed by atoms with E-state index in [1.54, 1.807) is 12.1 Å². The predicted molar refractivity (Wildman–Crippen MR) is 79.2 cm³/mol. The lowest BCUT2D eigenvalue weighted by Gasteiger charge is -2.16. The molecule has 0 aliphatic heterocycles. The first-order valence-electron chi connectivity index (χ1n) is 5.83. The van der Waals surface area contributed by atoms with Gasteiger partial charge in [0.2, 0.25) is 0 Å². The van der Waals surface area contributed by atoms with Crippen LogP contribution < -0.4 is 5.32 Å². The Kier molecular flexibility index (Phi) is 5.59. The van der Waals surface area contributed by atoms with Crippen molar-refractivity contribution in [1.82, 2.24) is 5.32 Å². The second kappa shape index (κ2) is 6.74. The number of hydrogen-bond acceptors (Lipinski definition) is 3. The minimum Gasteiger partial charge on any atom is -0.507 e. The van der Waals surface area contributed by atoms with Crippen molar-refractivity contribution in [3.63, 3.8) is 0 Å². The normalized spacial score (nSPS) is 12.2. The second-order valence-corrected chi connectivity index (χ2v) is 5.82. The number of carbonyl (C=O) groups is 2. The summed E-state index contributed by atoms with van der Waals surface area (Å²) in [5.74, 6) is -1.40. The maximum absolute atomic E-state index is 11.9. The van der Waals surface area contributed by atoms with Crippen molar-refractivity contribution >= 4 is 34.5 Å². The summed E-state index contributed by atoms with van der Waals surface area (Å²) in [5, 5.41) is 21.0. The van der Waals surface area contributed by atoms with Gasteiger partial charge in [-0.3, -0.25) is 4.79 Å². The van der Waals surface area contributed by atoms with Crippen LogP contribution in [0.1, 0.15) is 30.6 Å². The average molecular weight is 377 g/mol. The lowest BCUT2D eigenvalue weighted by atomic mass is 10.0. The van der Waals surface area contributed by atoms with E-state index in [0.29, 0.717) is 9.99 Å². The minimum atomic E-state index is -1.06. The number of phenols is 1. The summed E-state index contributed by atoms with van der Waals surface area (Å²) in [7, 11) is 0. The van der Waals surface area contributed by atoms with Crippen molar-refractivity contribution in [2.75, 3.05) is 0 Å². The van der Waals surface area contributed by atoms with Gasteiger partial charge in [-0.15, -0.1) is 0 Å². The maximum atomic E-state index is 11.9. The van der Waals surface area contributed by atoms with Crippen LogP contribution in [0, 0.1) is 9.49 Å². The Morgan fingerprint density at radius 1 is 1.37 bits per heavy atom. The van der Waals surface area contributed by atoms with Gasteiger partial charge in [-0.1, -0.05) is 13.8 Å². The van der Waals surface area contributed by atoms with E-state index in [2.05, 4.69) is 5.32 Å². The van der Waals surface area contributed by atoms with E-state index in [4.69, 9.17) is 5.11 Å². The quantitative estimate of drug-likeness (QED) is 0.687. The molecule has 5 nitrogen and oxygen atoms in total. The van der Waals surface area contributed by atoms with Gasteiger partial charge in [0.15, 0.2) is 0 Å². The van der Waals surface area contributed by atoms with Crippen molar-refractivity contribution in [3.8, 4) is 5.75 Å². The Balaban J connectivity index is 2.81. The third kappa shape index (κ3) is 4.70. The smallest absolute Gasteiger partial charge is 0.326 e. The van der Waals surface area contributed by atoms with Crippen LogP contribution >= 0.6 is 22.6 Å². The number of hydrogen-bond donors (Lipinski definition) is 3. The molecule has 0 aliphatic carbocycles. The molecule has 19 heavy (non-hydrogen) atoms. The maximum Gasteiger partial charge on any atom is 0.326 e. The van der Waals surface area contributed by atoms with Gasteiger partial charge in [-0.2, -0.15) is 0 Å². The number of rotatable bonds is 5. The monoisotopic (exact) mass is 377 g/mol. The predicted octanol–water partition coefficient (Wildman–Crippen LogP) is 2.23. The molecule has 1 amide bonds. The molecule has 0 fully saturated rings. The molecular weight excluding hydrogens is 361 g/mol. The van der Waals surface area contributed by atoms with Gasteiger partial charge in [-0.25, -0.2) is 4.79 Å². The lowest BCUT2D eigenvalue weighted by molar-refractivity contribution is -0.139. The van der Waals surface area contributed by atoms with Crippen LogP contribution in [0.25, 0.3) is 0 Å². The highest BCUT2D eigenvalue weighted by molar-refractivity contribution is 14.1. The van der Waals surface area contributed by atoms with Crippen LogP contribution in [0.4, 0.5) is 0 Å². The first-order chi connectivity index (χ1) is 8.81. The summed E-state index contributed by atoms with van der Waals surface area (Å²) >= 11 is 1.94. The SMILES string of the molecule is CC(C)C[C@H](NC(=O)c1ccc(I)c(O)c1)C(=O)O. The lowest BCUT2D eigenvalue weighted by Crippen LogP contribution is -2.41. The summed E-state index contributed by atoms with van der Waals surface area (Å²) in [4.78, 5) is 23.0. The minimum absolute atomic E-state index is 0.00369. The summed E-state index contributed by atoms with van der Waals surface area (Å²) in [6, 6.07) is 3.55. The van der Waals surface area contributed by atoms with Gasteiger partial charge in [-0.05, 0) is 53.1 Å². The molecule has 1 rings (SSSR count). The Morgan fingerprint density at radius 3 is 2.47 bits per heavy atom. The number of phenolic OH excluding ortho intramolecular Hbond substituents is 1. The van der Waals surface area contributed by atoms with E-state index < -0.39 is 17.9 Å². The van der Waals surface area contributed by atoms with Gasteiger partial charge < -0.3 is 15.5 Å². The van der Waals surface area contributed by atoms with Gasteiger partial charge in [0.25, 0.3) is 5.91 Å². The molecular formula is C13H16INO4. The number of aliphatic carboxylic acids is 1. The van der Waals surface area contributed by atoms with Gasteiger partial charge in [0, 0.05) is 5.56 Å². The van der Waals surface area contributed by atoms with E-state index in [-0.39, 0.29) is 17.2 Å². The molecule has 0 radical (unpaired) electrons. The molecule has 3 N–H and O–H groups in total. The fourth-order valence-corrected chi connectivity index (χ4v) is 1.92. The van der Waals surface area contributed by atoms with Crippen LogP contribution in [0.3, 0.4) is 0 Å². The summed E-state index contributed by atoms with van der Waals surface area (Å²) in [5.41, 5.74) is 0.243.